The van der Waals surface area contributed by atoms with E-state index in [9.17, 15) is 4.39 Å². The summed E-state index contributed by atoms with van der Waals surface area (Å²) in [5.74, 6) is 1.41. The zero-order chi connectivity index (χ0) is 13.9. The van der Waals surface area contributed by atoms with E-state index in [1.54, 1.807) is 12.1 Å². The smallest absolute Gasteiger partial charge is 0.173 e. The van der Waals surface area contributed by atoms with Crippen LogP contribution in [0.4, 0.5) is 10.1 Å². The first-order valence-corrected chi connectivity index (χ1v) is 7.95. The van der Waals surface area contributed by atoms with Gasteiger partial charge in [-0.15, -0.1) is 0 Å². The highest BCUT2D eigenvalue weighted by atomic mass is 32.1. The number of halogens is 1. The van der Waals surface area contributed by atoms with Crippen LogP contribution in [0, 0.1) is 17.7 Å². The van der Waals surface area contributed by atoms with Crippen molar-refractivity contribution < 1.29 is 4.39 Å². The summed E-state index contributed by atoms with van der Waals surface area (Å²) < 4.78 is 13.6. The highest BCUT2D eigenvalue weighted by Gasteiger charge is 2.31. The van der Waals surface area contributed by atoms with Gasteiger partial charge in [0.25, 0.3) is 0 Å². The minimum Gasteiger partial charge on any atom is -0.349 e. The molecule has 2 nitrogen and oxygen atoms in total. The van der Waals surface area contributed by atoms with E-state index in [0.29, 0.717) is 10.8 Å². The van der Waals surface area contributed by atoms with Crippen LogP contribution in [0.1, 0.15) is 32.1 Å². The number of fused-ring (bicyclic) bond motifs is 1. The Morgan fingerprint density at radius 2 is 1.90 bits per heavy atom. The molecule has 2 atom stereocenters. The highest BCUT2D eigenvalue weighted by Crippen LogP contribution is 2.36. The lowest BCUT2D eigenvalue weighted by molar-refractivity contribution is 0.131. The van der Waals surface area contributed by atoms with E-state index in [4.69, 9.17) is 12.2 Å². The van der Waals surface area contributed by atoms with E-state index in [1.165, 1.54) is 38.2 Å². The molecule has 3 rings (SSSR count). The lowest BCUT2D eigenvalue weighted by atomic mass is 9.75. The molecule has 1 aromatic rings. The molecule has 1 aromatic carbocycles. The van der Waals surface area contributed by atoms with Crippen LogP contribution >= 0.6 is 12.2 Å². The van der Waals surface area contributed by atoms with Gasteiger partial charge in [-0.3, -0.25) is 0 Å². The fraction of sp³-hybridized carbons (Fsp3) is 0.562. The fourth-order valence-corrected chi connectivity index (χ4v) is 3.82. The second-order valence-electron chi connectivity index (χ2n) is 5.95. The van der Waals surface area contributed by atoms with Gasteiger partial charge in [0.15, 0.2) is 5.11 Å². The minimum atomic E-state index is -0.248. The standard InChI is InChI=1S/C16H21FN2S/c17-14-7-3-4-8-15(14)18-16(20)19-10-9-12-5-1-2-6-13(12)11-19/h3-4,7-8,12-13H,1-2,5-6,9-11H2,(H,18,20)/t12-,13+/m0/s1. The Labute approximate surface area is 125 Å². The first kappa shape index (κ1) is 13.8. The molecule has 1 aliphatic carbocycles. The highest BCUT2D eigenvalue weighted by molar-refractivity contribution is 7.80. The second-order valence-corrected chi connectivity index (χ2v) is 6.34. The van der Waals surface area contributed by atoms with Crippen LogP contribution in [0.25, 0.3) is 0 Å². The van der Waals surface area contributed by atoms with Crippen molar-refractivity contribution in [1.82, 2.24) is 4.90 Å². The predicted molar refractivity (Wildman–Crippen MR) is 84.3 cm³/mol. The molecular formula is C16H21FN2S. The number of likely N-dealkylation sites (tertiary alicyclic amines) is 1. The summed E-state index contributed by atoms with van der Waals surface area (Å²) in [6.45, 7) is 2.03. The molecule has 0 radical (unpaired) electrons. The third-order valence-corrected chi connectivity index (χ3v) is 5.05. The van der Waals surface area contributed by atoms with Crippen LogP contribution in [0.3, 0.4) is 0 Å². The summed E-state index contributed by atoms with van der Waals surface area (Å²) >= 11 is 5.46. The van der Waals surface area contributed by atoms with Gasteiger partial charge in [-0.05, 0) is 49.0 Å². The molecule has 1 saturated heterocycles. The summed E-state index contributed by atoms with van der Waals surface area (Å²) in [6.07, 6.45) is 6.67. The van der Waals surface area contributed by atoms with Gasteiger partial charge in [0.05, 0.1) is 5.69 Å². The summed E-state index contributed by atoms with van der Waals surface area (Å²) in [7, 11) is 0. The first-order chi connectivity index (χ1) is 9.74. The molecule has 2 aliphatic rings. The van der Waals surface area contributed by atoms with Crippen molar-refractivity contribution in [2.24, 2.45) is 11.8 Å². The molecule has 1 N–H and O–H groups in total. The summed E-state index contributed by atoms with van der Waals surface area (Å²) in [5.41, 5.74) is 0.475. The number of hydrogen-bond acceptors (Lipinski definition) is 1. The van der Waals surface area contributed by atoms with Crippen molar-refractivity contribution in [2.75, 3.05) is 18.4 Å². The van der Waals surface area contributed by atoms with Crippen molar-refractivity contribution in [1.29, 1.82) is 0 Å². The molecule has 0 bridgehead atoms. The Balaban J connectivity index is 1.62. The molecule has 20 heavy (non-hydrogen) atoms. The van der Waals surface area contributed by atoms with Gasteiger partial charge < -0.3 is 10.2 Å². The van der Waals surface area contributed by atoms with Crippen LogP contribution < -0.4 is 5.32 Å². The maximum absolute atomic E-state index is 13.6. The summed E-state index contributed by atoms with van der Waals surface area (Å²) in [5, 5.41) is 3.72. The zero-order valence-electron chi connectivity index (χ0n) is 11.6. The van der Waals surface area contributed by atoms with Crippen LogP contribution in [-0.2, 0) is 0 Å². The molecule has 1 heterocycles. The van der Waals surface area contributed by atoms with Gasteiger partial charge in [0.2, 0.25) is 0 Å². The molecule has 0 unspecified atom stereocenters. The molecule has 0 spiro atoms. The number of hydrogen-bond donors (Lipinski definition) is 1. The van der Waals surface area contributed by atoms with Gasteiger partial charge >= 0.3 is 0 Å². The fourth-order valence-electron chi connectivity index (χ4n) is 3.54. The number of piperidine rings is 1. The van der Waals surface area contributed by atoms with E-state index in [1.807, 2.05) is 6.07 Å². The largest absolute Gasteiger partial charge is 0.349 e. The van der Waals surface area contributed by atoms with Gasteiger partial charge in [-0.1, -0.05) is 31.4 Å². The van der Waals surface area contributed by atoms with Gasteiger partial charge in [-0.2, -0.15) is 0 Å². The number of benzene rings is 1. The molecule has 108 valence electrons. The summed E-state index contributed by atoms with van der Waals surface area (Å²) in [4.78, 5) is 2.22. The van der Waals surface area contributed by atoms with Crippen molar-refractivity contribution in [2.45, 2.75) is 32.1 Å². The molecule has 0 amide bonds. The number of thiocarbonyl (C=S) groups is 1. The van der Waals surface area contributed by atoms with Gasteiger partial charge in [-0.25, -0.2) is 4.39 Å². The average Bonchev–Trinajstić information content (AvgIpc) is 2.49. The van der Waals surface area contributed by atoms with E-state index in [0.717, 1.165) is 24.9 Å². The monoisotopic (exact) mass is 292 g/mol. The average molecular weight is 292 g/mol. The minimum absolute atomic E-state index is 0.248. The van der Waals surface area contributed by atoms with Crippen molar-refractivity contribution in [3.05, 3.63) is 30.1 Å². The van der Waals surface area contributed by atoms with E-state index in [-0.39, 0.29) is 5.82 Å². The third kappa shape index (κ3) is 2.95. The van der Waals surface area contributed by atoms with Crippen LogP contribution in [0.2, 0.25) is 0 Å². The second kappa shape index (κ2) is 6.08. The Bertz CT molecular complexity index is 491. The number of para-hydroxylation sites is 1. The van der Waals surface area contributed by atoms with Gasteiger partial charge in [0.1, 0.15) is 5.82 Å². The van der Waals surface area contributed by atoms with E-state index < -0.39 is 0 Å². The quantitative estimate of drug-likeness (QED) is 0.787. The van der Waals surface area contributed by atoms with Crippen LogP contribution in [-0.4, -0.2) is 23.1 Å². The third-order valence-electron chi connectivity index (χ3n) is 4.69. The van der Waals surface area contributed by atoms with Crippen LogP contribution in [0.5, 0.6) is 0 Å². The number of nitrogens with one attached hydrogen (secondary N) is 1. The lowest BCUT2D eigenvalue weighted by Crippen LogP contribution is -2.46. The van der Waals surface area contributed by atoms with Crippen molar-refractivity contribution in [3.63, 3.8) is 0 Å². The summed E-state index contributed by atoms with van der Waals surface area (Å²) in [6, 6.07) is 6.70. The predicted octanol–water partition coefficient (Wildman–Crippen LogP) is 4.03. The topological polar surface area (TPSA) is 15.3 Å². The maximum Gasteiger partial charge on any atom is 0.173 e. The maximum atomic E-state index is 13.6. The van der Waals surface area contributed by atoms with Gasteiger partial charge in [0, 0.05) is 13.1 Å². The van der Waals surface area contributed by atoms with E-state index in [2.05, 4.69) is 10.2 Å². The Morgan fingerprint density at radius 1 is 1.15 bits per heavy atom. The molecule has 1 aliphatic heterocycles. The number of rotatable bonds is 1. The molecule has 0 aromatic heterocycles. The zero-order valence-corrected chi connectivity index (χ0v) is 12.5. The Hall–Kier alpha value is -1.16. The molecule has 4 heteroatoms. The number of nitrogens with zero attached hydrogens (tertiary/aromatic N) is 1. The normalized spacial score (nSPS) is 25.9. The van der Waals surface area contributed by atoms with Crippen LogP contribution in [0.15, 0.2) is 24.3 Å². The van der Waals surface area contributed by atoms with E-state index >= 15 is 0 Å². The first-order valence-electron chi connectivity index (χ1n) is 7.54. The van der Waals surface area contributed by atoms with Crippen molar-refractivity contribution >= 4 is 23.0 Å². The Kier molecular flexibility index (Phi) is 4.20. The lowest BCUT2D eigenvalue weighted by Gasteiger charge is -2.42. The molecular weight excluding hydrogens is 271 g/mol. The molecule has 1 saturated carbocycles. The number of anilines is 1. The molecule has 2 fully saturated rings. The Morgan fingerprint density at radius 3 is 2.70 bits per heavy atom. The van der Waals surface area contributed by atoms with Crippen molar-refractivity contribution in [3.8, 4) is 0 Å². The SMILES string of the molecule is Fc1ccccc1NC(=S)N1CC[C@@H]2CCCC[C@@H]2C1.